The summed E-state index contributed by atoms with van der Waals surface area (Å²) < 4.78 is 45.3. The van der Waals surface area contributed by atoms with E-state index >= 15 is 0 Å². The average Bonchev–Trinajstić information content (AvgIpc) is 2.41. The zero-order chi connectivity index (χ0) is 14.9. The SMILES string of the molecule is Cc1ccc(F)cc1S(=O)(=O)N1CCOC(C(C)N)C1. The van der Waals surface area contributed by atoms with Crippen molar-refractivity contribution in [1.82, 2.24) is 4.31 Å². The Labute approximate surface area is 118 Å². The molecule has 2 N–H and O–H groups in total. The molecule has 0 aliphatic carbocycles. The molecule has 7 heteroatoms. The van der Waals surface area contributed by atoms with Crippen molar-refractivity contribution in [3.05, 3.63) is 29.6 Å². The largest absolute Gasteiger partial charge is 0.374 e. The lowest BCUT2D eigenvalue weighted by Crippen LogP contribution is -2.51. The maximum absolute atomic E-state index is 13.3. The van der Waals surface area contributed by atoms with E-state index in [0.29, 0.717) is 12.2 Å². The van der Waals surface area contributed by atoms with Gasteiger partial charge in [0.2, 0.25) is 10.0 Å². The molecule has 0 spiro atoms. The maximum Gasteiger partial charge on any atom is 0.243 e. The zero-order valence-electron chi connectivity index (χ0n) is 11.5. The van der Waals surface area contributed by atoms with Gasteiger partial charge < -0.3 is 10.5 Å². The Morgan fingerprint density at radius 2 is 2.20 bits per heavy atom. The van der Waals surface area contributed by atoms with Gasteiger partial charge in [-0.3, -0.25) is 0 Å². The van der Waals surface area contributed by atoms with E-state index in [1.54, 1.807) is 13.8 Å². The van der Waals surface area contributed by atoms with Gasteiger partial charge >= 0.3 is 0 Å². The van der Waals surface area contributed by atoms with Gasteiger partial charge in [-0.2, -0.15) is 4.31 Å². The van der Waals surface area contributed by atoms with Crippen molar-refractivity contribution in [1.29, 1.82) is 0 Å². The van der Waals surface area contributed by atoms with Gasteiger partial charge in [-0.15, -0.1) is 0 Å². The first-order valence-electron chi connectivity index (χ1n) is 6.46. The van der Waals surface area contributed by atoms with E-state index in [0.717, 1.165) is 6.07 Å². The van der Waals surface area contributed by atoms with Crippen molar-refractivity contribution < 1.29 is 17.5 Å². The number of rotatable bonds is 3. The van der Waals surface area contributed by atoms with E-state index < -0.39 is 15.8 Å². The third-order valence-electron chi connectivity index (χ3n) is 3.41. The highest BCUT2D eigenvalue weighted by Gasteiger charge is 2.33. The lowest BCUT2D eigenvalue weighted by molar-refractivity contribution is -0.0120. The highest BCUT2D eigenvalue weighted by Crippen LogP contribution is 2.23. The van der Waals surface area contributed by atoms with Crippen molar-refractivity contribution in [3.8, 4) is 0 Å². The van der Waals surface area contributed by atoms with Crippen LogP contribution in [0.4, 0.5) is 4.39 Å². The van der Waals surface area contributed by atoms with Gasteiger partial charge in [0.15, 0.2) is 0 Å². The molecule has 0 amide bonds. The molecule has 1 aromatic rings. The third-order valence-corrected chi connectivity index (χ3v) is 5.42. The van der Waals surface area contributed by atoms with Crippen molar-refractivity contribution in [2.24, 2.45) is 5.73 Å². The van der Waals surface area contributed by atoms with Crippen LogP contribution in [0.2, 0.25) is 0 Å². The van der Waals surface area contributed by atoms with Gasteiger partial charge in [0.25, 0.3) is 0 Å². The third kappa shape index (κ3) is 3.01. The molecule has 0 radical (unpaired) electrons. The van der Waals surface area contributed by atoms with Crippen molar-refractivity contribution in [2.75, 3.05) is 19.7 Å². The summed E-state index contributed by atoms with van der Waals surface area (Å²) in [6, 6.07) is 3.51. The number of hydrogen-bond donors (Lipinski definition) is 1. The van der Waals surface area contributed by atoms with Crippen LogP contribution in [0.3, 0.4) is 0 Å². The zero-order valence-corrected chi connectivity index (χ0v) is 12.4. The summed E-state index contributed by atoms with van der Waals surface area (Å²) >= 11 is 0. The fourth-order valence-corrected chi connectivity index (χ4v) is 3.85. The van der Waals surface area contributed by atoms with E-state index in [1.165, 1.54) is 16.4 Å². The molecule has 1 heterocycles. The van der Waals surface area contributed by atoms with E-state index in [9.17, 15) is 12.8 Å². The molecule has 2 atom stereocenters. The molecule has 1 aliphatic rings. The number of nitrogens with zero attached hydrogens (tertiary/aromatic N) is 1. The van der Waals surface area contributed by atoms with Crippen LogP contribution in [0.5, 0.6) is 0 Å². The van der Waals surface area contributed by atoms with Crippen LogP contribution >= 0.6 is 0 Å². The molecular weight excluding hydrogens is 283 g/mol. The Hall–Kier alpha value is -1.02. The number of ether oxygens (including phenoxy) is 1. The number of hydrogen-bond acceptors (Lipinski definition) is 4. The Morgan fingerprint density at radius 1 is 1.50 bits per heavy atom. The van der Waals surface area contributed by atoms with Crippen LogP contribution in [0.1, 0.15) is 12.5 Å². The molecule has 20 heavy (non-hydrogen) atoms. The Balaban J connectivity index is 2.32. The topological polar surface area (TPSA) is 72.6 Å². The van der Waals surface area contributed by atoms with Crippen LogP contribution in [0.15, 0.2) is 23.1 Å². The molecule has 1 aliphatic heterocycles. The lowest BCUT2D eigenvalue weighted by atomic mass is 10.2. The second-order valence-electron chi connectivity index (χ2n) is 5.04. The van der Waals surface area contributed by atoms with E-state index in [1.807, 2.05) is 0 Å². The number of sulfonamides is 1. The van der Waals surface area contributed by atoms with Crippen LogP contribution in [0.25, 0.3) is 0 Å². The molecule has 1 saturated heterocycles. The van der Waals surface area contributed by atoms with Crippen LogP contribution in [-0.2, 0) is 14.8 Å². The molecule has 0 bridgehead atoms. The smallest absolute Gasteiger partial charge is 0.243 e. The summed E-state index contributed by atoms with van der Waals surface area (Å²) in [7, 11) is -3.72. The Morgan fingerprint density at radius 3 is 2.85 bits per heavy atom. The number of benzene rings is 1. The summed E-state index contributed by atoms with van der Waals surface area (Å²) in [5, 5.41) is 0. The van der Waals surface area contributed by atoms with Crippen molar-refractivity contribution in [3.63, 3.8) is 0 Å². The van der Waals surface area contributed by atoms with Gasteiger partial charge in [-0.1, -0.05) is 6.07 Å². The number of halogens is 1. The lowest BCUT2D eigenvalue weighted by Gasteiger charge is -2.34. The summed E-state index contributed by atoms with van der Waals surface area (Å²) in [5.41, 5.74) is 6.28. The van der Waals surface area contributed by atoms with Gasteiger partial charge in [0.05, 0.1) is 17.6 Å². The fraction of sp³-hybridized carbons (Fsp3) is 0.538. The Kier molecular flexibility index (Phi) is 4.43. The first-order chi connectivity index (χ1) is 9.32. The molecule has 0 aromatic heterocycles. The minimum atomic E-state index is -3.72. The van der Waals surface area contributed by atoms with E-state index in [-0.39, 0.29) is 30.1 Å². The van der Waals surface area contributed by atoms with Crippen LogP contribution in [-0.4, -0.2) is 44.6 Å². The quantitative estimate of drug-likeness (QED) is 0.899. The molecule has 1 aromatic carbocycles. The molecule has 112 valence electrons. The summed E-state index contributed by atoms with van der Waals surface area (Å²) in [4.78, 5) is 0.00262. The monoisotopic (exact) mass is 302 g/mol. The van der Waals surface area contributed by atoms with Gasteiger partial charge in [-0.25, -0.2) is 12.8 Å². The highest BCUT2D eigenvalue weighted by atomic mass is 32.2. The average molecular weight is 302 g/mol. The predicted molar refractivity (Wildman–Crippen MR) is 73.3 cm³/mol. The highest BCUT2D eigenvalue weighted by molar-refractivity contribution is 7.89. The molecule has 5 nitrogen and oxygen atoms in total. The number of aryl methyl sites for hydroxylation is 1. The van der Waals surface area contributed by atoms with Crippen molar-refractivity contribution in [2.45, 2.75) is 30.9 Å². The summed E-state index contributed by atoms with van der Waals surface area (Å²) in [6.07, 6.45) is -0.340. The second kappa shape index (κ2) is 5.77. The predicted octanol–water partition coefficient (Wildman–Crippen LogP) is 0.871. The van der Waals surface area contributed by atoms with Gasteiger partial charge in [0, 0.05) is 19.1 Å². The second-order valence-corrected chi connectivity index (χ2v) is 6.95. The molecular formula is C13H19FN2O3S. The fourth-order valence-electron chi connectivity index (χ4n) is 2.18. The summed E-state index contributed by atoms with van der Waals surface area (Å²) in [6.45, 7) is 4.15. The minimum Gasteiger partial charge on any atom is -0.374 e. The molecule has 2 unspecified atom stereocenters. The Bertz CT molecular complexity index is 589. The molecule has 0 saturated carbocycles. The van der Waals surface area contributed by atoms with Crippen LogP contribution in [0, 0.1) is 12.7 Å². The van der Waals surface area contributed by atoms with E-state index in [4.69, 9.17) is 10.5 Å². The first-order valence-corrected chi connectivity index (χ1v) is 7.90. The minimum absolute atomic E-state index is 0.00262. The van der Waals surface area contributed by atoms with Crippen molar-refractivity contribution >= 4 is 10.0 Å². The maximum atomic E-state index is 13.3. The standard InChI is InChI=1S/C13H19FN2O3S/c1-9-3-4-11(14)7-13(9)20(17,18)16-5-6-19-12(8-16)10(2)15/h3-4,7,10,12H,5-6,8,15H2,1-2H3. The molecule has 1 fully saturated rings. The van der Waals surface area contributed by atoms with Gasteiger partial charge in [0.1, 0.15) is 5.82 Å². The van der Waals surface area contributed by atoms with Gasteiger partial charge in [-0.05, 0) is 31.5 Å². The number of nitrogens with two attached hydrogens (primary N) is 1. The number of morpholine rings is 1. The van der Waals surface area contributed by atoms with Crippen LogP contribution < -0.4 is 5.73 Å². The first kappa shape index (κ1) is 15.4. The van der Waals surface area contributed by atoms with E-state index in [2.05, 4.69) is 0 Å². The molecule has 2 rings (SSSR count). The normalized spacial score (nSPS) is 22.7. The summed E-state index contributed by atoms with van der Waals surface area (Å²) in [5.74, 6) is -0.564.